The molecule has 24 heavy (non-hydrogen) atoms. The van der Waals surface area contributed by atoms with Crippen molar-refractivity contribution in [2.75, 3.05) is 13.7 Å². The Hall–Kier alpha value is -2.54. The summed E-state index contributed by atoms with van der Waals surface area (Å²) in [5.41, 5.74) is 3.54. The summed E-state index contributed by atoms with van der Waals surface area (Å²) >= 11 is 1.50. The smallest absolute Gasteiger partial charge is 0.232 e. The highest BCUT2D eigenvalue weighted by atomic mass is 32.1. The van der Waals surface area contributed by atoms with Gasteiger partial charge in [0.15, 0.2) is 0 Å². The van der Waals surface area contributed by atoms with Gasteiger partial charge in [-0.1, -0.05) is 0 Å². The number of amides is 1. The molecule has 0 bridgehead atoms. The van der Waals surface area contributed by atoms with Crippen LogP contribution in [0.2, 0.25) is 0 Å². The van der Waals surface area contributed by atoms with E-state index in [0.29, 0.717) is 18.8 Å². The fourth-order valence-electron chi connectivity index (χ4n) is 2.44. The molecule has 3 aromatic rings. The van der Waals surface area contributed by atoms with Gasteiger partial charge in [0, 0.05) is 23.2 Å². The van der Waals surface area contributed by atoms with Gasteiger partial charge in [0.25, 0.3) is 0 Å². The lowest BCUT2D eigenvalue weighted by atomic mass is 10.1. The molecule has 0 spiro atoms. The molecule has 2 aromatic heterocycles. The van der Waals surface area contributed by atoms with Crippen molar-refractivity contribution in [3.05, 3.63) is 35.0 Å². The first kappa shape index (κ1) is 16.3. The largest absolute Gasteiger partial charge is 0.480 e. The number of rotatable bonds is 5. The maximum Gasteiger partial charge on any atom is 0.232 e. The lowest BCUT2D eigenvalue weighted by Crippen LogP contribution is -2.23. The molecule has 3 rings (SSSR count). The van der Waals surface area contributed by atoms with Gasteiger partial charge in [-0.25, -0.2) is 15.0 Å². The van der Waals surface area contributed by atoms with Crippen LogP contribution in [0.1, 0.15) is 17.4 Å². The van der Waals surface area contributed by atoms with Crippen LogP contribution in [-0.4, -0.2) is 34.5 Å². The molecule has 0 atom stereocenters. The highest BCUT2D eigenvalue weighted by Gasteiger charge is 2.13. The van der Waals surface area contributed by atoms with Crippen molar-refractivity contribution < 1.29 is 9.53 Å². The van der Waals surface area contributed by atoms with Crippen LogP contribution in [0.5, 0.6) is 5.88 Å². The van der Waals surface area contributed by atoms with Crippen LogP contribution in [0.4, 0.5) is 0 Å². The first-order valence-electron chi connectivity index (χ1n) is 7.64. The number of hydrogen-bond acceptors (Lipinski definition) is 6. The monoisotopic (exact) mass is 342 g/mol. The molecule has 0 aliphatic carbocycles. The van der Waals surface area contributed by atoms with E-state index >= 15 is 0 Å². The molecule has 124 valence electrons. The number of thiazole rings is 1. The van der Waals surface area contributed by atoms with Crippen LogP contribution < -0.4 is 10.1 Å². The summed E-state index contributed by atoms with van der Waals surface area (Å²) in [6.45, 7) is 4.54. The van der Waals surface area contributed by atoms with E-state index in [-0.39, 0.29) is 5.91 Å². The second-order valence-corrected chi connectivity index (χ2v) is 6.47. The van der Waals surface area contributed by atoms with E-state index in [9.17, 15) is 4.79 Å². The molecule has 1 N–H and O–H groups in total. The molecule has 6 nitrogen and oxygen atoms in total. The topological polar surface area (TPSA) is 77.0 Å². The molecule has 7 heteroatoms. The number of aromatic nitrogens is 3. The number of likely N-dealkylation sites (N-methyl/N-ethyl adjacent to an activating group) is 1. The number of methoxy groups -OCH3 is 1. The molecule has 1 amide bonds. The third-order valence-electron chi connectivity index (χ3n) is 3.47. The molecular weight excluding hydrogens is 324 g/mol. The van der Waals surface area contributed by atoms with Crippen molar-refractivity contribution in [2.24, 2.45) is 0 Å². The lowest BCUT2D eigenvalue weighted by molar-refractivity contribution is -0.120. The van der Waals surface area contributed by atoms with Crippen LogP contribution in [-0.2, 0) is 11.2 Å². The van der Waals surface area contributed by atoms with Crippen molar-refractivity contribution in [3.8, 4) is 16.5 Å². The van der Waals surface area contributed by atoms with Gasteiger partial charge in [-0.15, -0.1) is 11.3 Å². The Morgan fingerprint density at radius 1 is 1.29 bits per heavy atom. The first-order valence-corrected chi connectivity index (χ1v) is 8.45. The number of aryl methyl sites for hydroxylation is 1. The zero-order valence-electron chi connectivity index (χ0n) is 13.8. The summed E-state index contributed by atoms with van der Waals surface area (Å²) in [5.74, 6) is 0.487. The van der Waals surface area contributed by atoms with Gasteiger partial charge in [-0.05, 0) is 31.5 Å². The van der Waals surface area contributed by atoms with E-state index in [0.717, 1.165) is 32.0 Å². The van der Waals surface area contributed by atoms with Crippen molar-refractivity contribution in [1.29, 1.82) is 0 Å². The summed E-state index contributed by atoms with van der Waals surface area (Å²) in [5, 5.41) is 3.63. The van der Waals surface area contributed by atoms with Crippen LogP contribution in [0, 0.1) is 6.92 Å². The second-order valence-electron chi connectivity index (χ2n) is 5.35. The summed E-state index contributed by atoms with van der Waals surface area (Å²) in [4.78, 5) is 26.0. The van der Waals surface area contributed by atoms with Crippen LogP contribution in [0.15, 0.2) is 24.5 Å². The maximum atomic E-state index is 11.7. The average Bonchev–Trinajstić information content (AvgIpc) is 3.01. The number of hydrogen-bond donors (Lipinski definition) is 1. The van der Waals surface area contributed by atoms with Gasteiger partial charge >= 0.3 is 0 Å². The molecule has 0 fully saturated rings. The lowest BCUT2D eigenvalue weighted by Gasteiger charge is -2.06. The Morgan fingerprint density at radius 3 is 2.88 bits per heavy atom. The van der Waals surface area contributed by atoms with Crippen LogP contribution in [0.3, 0.4) is 0 Å². The van der Waals surface area contributed by atoms with Crippen molar-refractivity contribution >= 4 is 28.3 Å². The van der Waals surface area contributed by atoms with E-state index in [1.54, 1.807) is 19.5 Å². The Kier molecular flexibility index (Phi) is 4.71. The third-order valence-corrected chi connectivity index (χ3v) is 4.50. The predicted octanol–water partition coefficient (Wildman–Crippen LogP) is 2.75. The van der Waals surface area contributed by atoms with Gasteiger partial charge in [-0.3, -0.25) is 4.79 Å². The van der Waals surface area contributed by atoms with Gasteiger partial charge < -0.3 is 10.1 Å². The Bertz CT molecular complexity index is 891. The normalized spacial score (nSPS) is 10.8. The van der Waals surface area contributed by atoms with Crippen molar-refractivity contribution in [3.63, 3.8) is 0 Å². The molecule has 0 unspecified atom stereocenters. The molecule has 0 radical (unpaired) electrons. The minimum absolute atomic E-state index is 0.00586. The number of benzene rings is 1. The van der Waals surface area contributed by atoms with Crippen LogP contribution >= 0.6 is 11.3 Å². The minimum Gasteiger partial charge on any atom is -0.480 e. The molecule has 0 saturated carbocycles. The number of carbonyl (C=O) groups excluding carboxylic acids is 1. The number of nitrogens with zero attached hydrogens (tertiary/aromatic N) is 3. The number of carbonyl (C=O) groups is 1. The van der Waals surface area contributed by atoms with E-state index in [4.69, 9.17) is 4.74 Å². The van der Waals surface area contributed by atoms with Gasteiger partial charge in [-0.2, -0.15) is 0 Å². The average molecular weight is 342 g/mol. The van der Waals surface area contributed by atoms with E-state index in [1.165, 1.54) is 11.3 Å². The van der Waals surface area contributed by atoms with E-state index in [1.807, 2.05) is 26.0 Å². The van der Waals surface area contributed by atoms with E-state index in [2.05, 4.69) is 20.3 Å². The standard InChI is InChI=1S/C17H18N4O2S/c1-4-18-14(22)7-11-8-20-17(24-11)12-5-10(2)6-13-16(12)19-9-15(21-13)23-3/h5-6,8-9H,4,7H2,1-3H3,(H,18,22). The Labute approximate surface area is 143 Å². The van der Waals surface area contributed by atoms with Gasteiger partial charge in [0.05, 0.1) is 30.8 Å². The Balaban J connectivity index is 2.00. The number of nitrogens with one attached hydrogen (secondary N) is 1. The maximum absolute atomic E-state index is 11.7. The van der Waals surface area contributed by atoms with Crippen LogP contribution in [0.25, 0.3) is 21.6 Å². The number of fused-ring (bicyclic) bond motifs is 1. The SMILES string of the molecule is CCNC(=O)Cc1cnc(-c2cc(C)cc3nc(OC)cnc23)s1. The quantitative estimate of drug-likeness (QED) is 0.771. The van der Waals surface area contributed by atoms with E-state index < -0.39 is 0 Å². The van der Waals surface area contributed by atoms with Crippen molar-refractivity contribution in [1.82, 2.24) is 20.3 Å². The zero-order valence-corrected chi connectivity index (χ0v) is 14.6. The molecule has 0 aliphatic rings. The fourth-order valence-corrected chi connectivity index (χ4v) is 3.37. The van der Waals surface area contributed by atoms with Gasteiger partial charge in [0.1, 0.15) is 5.01 Å². The predicted molar refractivity (Wildman–Crippen MR) is 94.3 cm³/mol. The van der Waals surface area contributed by atoms with Crippen molar-refractivity contribution in [2.45, 2.75) is 20.3 Å². The minimum atomic E-state index is 0.00586. The summed E-state index contributed by atoms with van der Waals surface area (Å²) in [7, 11) is 1.57. The Morgan fingerprint density at radius 2 is 2.12 bits per heavy atom. The molecule has 1 aromatic carbocycles. The highest BCUT2D eigenvalue weighted by Crippen LogP contribution is 2.32. The summed E-state index contributed by atoms with van der Waals surface area (Å²) in [6.07, 6.45) is 3.69. The second kappa shape index (κ2) is 6.92. The third kappa shape index (κ3) is 3.35. The molecule has 0 aliphatic heterocycles. The number of ether oxygens (including phenoxy) is 1. The molecule has 2 heterocycles. The highest BCUT2D eigenvalue weighted by molar-refractivity contribution is 7.15. The zero-order chi connectivity index (χ0) is 17.1. The first-order chi connectivity index (χ1) is 11.6. The molecule has 0 saturated heterocycles. The summed E-state index contributed by atoms with van der Waals surface area (Å²) in [6, 6.07) is 4.01. The fraction of sp³-hybridized carbons (Fsp3) is 0.294. The van der Waals surface area contributed by atoms with Gasteiger partial charge in [0.2, 0.25) is 11.8 Å². The molecular formula is C17H18N4O2S. The summed E-state index contributed by atoms with van der Waals surface area (Å²) < 4.78 is 5.15.